The van der Waals surface area contributed by atoms with E-state index in [1.54, 1.807) is 25.1 Å². The van der Waals surface area contributed by atoms with Crippen LogP contribution in [0, 0.1) is 17.0 Å². The molecule has 1 N–H and O–H groups in total. The van der Waals surface area contributed by atoms with E-state index in [4.69, 9.17) is 4.42 Å². The van der Waals surface area contributed by atoms with Crippen LogP contribution in [0.3, 0.4) is 0 Å². The smallest absolute Gasteiger partial charge is 0.272 e. The van der Waals surface area contributed by atoms with Crippen molar-refractivity contribution in [3.63, 3.8) is 0 Å². The zero-order chi connectivity index (χ0) is 22.1. The van der Waals surface area contributed by atoms with Crippen LogP contribution < -0.4 is 5.32 Å². The Bertz CT molecular complexity index is 1310. The van der Waals surface area contributed by atoms with E-state index >= 15 is 0 Å². The number of nitro groups is 1. The molecule has 1 heterocycles. The Balaban J connectivity index is 1.58. The molecule has 0 saturated carbocycles. The lowest BCUT2D eigenvalue weighted by molar-refractivity contribution is -0.385. The second-order valence-electron chi connectivity index (χ2n) is 7.69. The van der Waals surface area contributed by atoms with Gasteiger partial charge in [0.25, 0.3) is 11.6 Å². The third-order valence-corrected chi connectivity index (χ3v) is 5.10. The number of hydrogen-bond donors (Lipinski definition) is 1. The van der Waals surface area contributed by atoms with Gasteiger partial charge in [0.15, 0.2) is 5.58 Å². The largest absolute Gasteiger partial charge is 0.436 e. The molecule has 156 valence electrons. The van der Waals surface area contributed by atoms with Crippen molar-refractivity contribution in [2.45, 2.75) is 26.7 Å². The summed E-state index contributed by atoms with van der Waals surface area (Å²) in [7, 11) is 0. The molecule has 7 heteroatoms. The molecule has 31 heavy (non-hydrogen) atoms. The van der Waals surface area contributed by atoms with Gasteiger partial charge in [-0.25, -0.2) is 4.98 Å². The van der Waals surface area contributed by atoms with Gasteiger partial charge in [0.2, 0.25) is 5.89 Å². The summed E-state index contributed by atoms with van der Waals surface area (Å²) in [6, 6.07) is 17.5. The molecular weight excluding hydrogens is 394 g/mol. The minimum absolute atomic E-state index is 0.0184. The molecule has 1 amide bonds. The molecule has 0 aliphatic carbocycles. The standard InChI is InChI=1S/C24H21N3O4/c1-14(2)16-8-10-22-20(13-16)26-24(31-22)18-5-4-6-19(12-18)25-23(28)17-7-9-21(27(29)30)15(3)11-17/h4-14H,1-3H3,(H,25,28). The number of hydrogen-bond acceptors (Lipinski definition) is 5. The van der Waals surface area contributed by atoms with Crippen molar-refractivity contribution in [3.05, 3.63) is 87.5 Å². The Morgan fingerprint density at radius 2 is 1.90 bits per heavy atom. The average Bonchev–Trinajstić information content (AvgIpc) is 3.17. The Hall–Kier alpha value is -4.00. The number of aromatic nitrogens is 1. The van der Waals surface area contributed by atoms with E-state index in [1.165, 1.54) is 23.8 Å². The van der Waals surface area contributed by atoms with Gasteiger partial charge in [-0.1, -0.05) is 26.0 Å². The molecule has 0 aliphatic heterocycles. The normalized spacial score (nSPS) is 11.1. The quantitative estimate of drug-likeness (QED) is 0.314. The topological polar surface area (TPSA) is 98.3 Å². The molecule has 0 radical (unpaired) electrons. The lowest BCUT2D eigenvalue weighted by Crippen LogP contribution is -2.12. The fraction of sp³-hybridized carbons (Fsp3) is 0.167. The van der Waals surface area contributed by atoms with Crippen molar-refractivity contribution in [2.24, 2.45) is 0 Å². The SMILES string of the molecule is Cc1cc(C(=O)Nc2cccc(-c3nc4cc(C(C)C)ccc4o3)c2)ccc1[N+](=O)[O-]. The first-order valence-electron chi connectivity index (χ1n) is 9.89. The molecule has 0 saturated heterocycles. The molecule has 0 spiro atoms. The molecule has 0 fully saturated rings. The van der Waals surface area contributed by atoms with Crippen molar-refractivity contribution < 1.29 is 14.1 Å². The predicted octanol–water partition coefficient (Wildman–Crippen LogP) is 6.09. The second kappa shape index (κ2) is 8.02. The zero-order valence-corrected chi connectivity index (χ0v) is 17.4. The minimum atomic E-state index is -0.467. The first kappa shape index (κ1) is 20.3. The average molecular weight is 415 g/mol. The van der Waals surface area contributed by atoms with E-state index in [2.05, 4.69) is 24.1 Å². The monoisotopic (exact) mass is 415 g/mol. The highest BCUT2D eigenvalue weighted by atomic mass is 16.6. The minimum Gasteiger partial charge on any atom is -0.436 e. The van der Waals surface area contributed by atoms with Crippen LogP contribution in [0.5, 0.6) is 0 Å². The summed E-state index contributed by atoms with van der Waals surface area (Å²) in [6.45, 7) is 5.86. The van der Waals surface area contributed by atoms with E-state index in [-0.39, 0.29) is 11.6 Å². The third kappa shape index (κ3) is 4.16. The molecule has 1 aromatic heterocycles. The maximum Gasteiger partial charge on any atom is 0.272 e. The summed E-state index contributed by atoms with van der Waals surface area (Å²) in [4.78, 5) is 27.7. The fourth-order valence-corrected chi connectivity index (χ4v) is 3.36. The number of amides is 1. The number of anilines is 1. The van der Waals surface area contributed by atoms with Crippen LogP contribution in [0.25, 0.3) is 22.6 Å². The summed E-state index contributed by atoms with van der Waals surface area (Å²) in [5, 5.41) is 13.8. The molecule has 4 aromatic rings. The molecule has 0 unspecified atom stereocenters. The molecule has 0 aliphatic rings. The summed E-state index contributed by atoms with van der Waals surface area (Å²) < 4.78 is 5.90. The van der Waals surface area contributed by atoms with E-state index < -0.39 is 4.92 Å². The van der Waals surface area contributed by atoms with Crippen LogP contribution in [0.2, 0.25) is 0 Å². The highest BCUT2D eigenvalue weighted by Gasteiger charge is 2.15. The van der Waals surface area contributed by atoms with Gasteiger partial charge in [-0.15, -0.1) is 0 Å². The lowest BCUT2D eigenvalue weighted by atomic mass is 10.0. The number of nitrogens with one attached hydrogen (secondary N) is 1. The van der Waals surface area contributed by atoms with Crippen molar-refractivity contribution in [1.29, 1.82) is 0 Å². The fourth-order valence-electron chi connectivity index (χ4n) is 3.36. The van der Waals surface area contributed by atoms with Crippen LogP contribution in [0.15, 0.2) is 65.1 Å². The predicted molar refractivity (Wildman–Crippen MR) is 119 cm³/mol. The first-order valence-corrected chi connectivity index (χ1v) is 9.89. The van der Waals surface area contributed by atoms with Crippen LogP contribution >= 0.6 is 0 Å². The van der Waals surface area contributed by atoms with Crippen LogP contribution in [0.4, 0.5) is 11.4 Å². The van der Waals surface area contributed by atoms with Crippen LogP contribution in [0.1, 0.15) is 41.3 Å². The number of aryl methyl sites for hydroxylation is 1. The van der Waals surface area contributed by atoms with Gasteiger partial charge in [-0.2, -0.15) is 0 Å². The number of oxazole rings is 1. The Morgan fingerprint density at radius 1 is 1.10 bits per heavy atom. The Kier molecular flexibility index (Phi) is 5.25. The highest BCUT2D eigenvalue weighted by Crippen LogP contribution is 2.28. The van der Waals surface area contributed by atoms with Crippen molar-refractivity contribution in [3.8, 4) is 11.5 Å². The second-order valence-corrected chi connectivity index (χ2v) is 7.69. The van der Waals surface area contributed by atoms with Gasteiger partial charge in [0.05, 0.1) is 4.92 Å². The highest BCUT2D eigenvalue weighted by molar-refractivity contribution is 6.04. The third-order valence-electron chi connectivity index (χ3n) is 5.10. The van der Waals surface area contributed by atoms with E-state index in [1.807, 2.05) is 24.3 Å². The van der Waals surface area contributed by atoms with Gasteiger partial charge in [0, 0.05) is 28.4 Å². The summed E-state index contributed by atoms with van der Waals surface area (Å²) in [5.41, 5.74) is 4.74. The maximum atomic E-state index is 12.6. The van der Waals surface area contributed by atoms with Crippen molar-refractivity contribution >= 4 is 28.4 Å². The molecule has 3 aromatic carbocycles. The van der Waals surface area contributed by atoms with E-state index in [0.717, 1.165) is 11.1 Å². The summed E-state index contributed by atoms with van der Waals surface area (Å²) >= 11 is 0. The number of rotatable bonds is 5. The number of carbonyl (C=O) groups excluding carboxylic acids is 1. The van der Waals surface area contributed by atoms with Gasteiger partial charge in [-0.3, -0.25) is 14.9 Å². The van der Waals surface area contributed by atoms with Crippen molar-refractivity contribution in [1.82, 2.24) is 4.98 Å². The first-order chi connectivity index (χ1) is 14.8. The molecule has 0 bridgehead atoms. The summed E-state index contributed by atoms with van der Waals surface area (Å²) in [6.07, 6.45) is 0. The van der Waals surface area contributed by atoms with E-state index in [0.29, 0.717) is 34.2 Å². The lowest BCUT2D eigenvalue weighted by Gasteiger charge is -2.07. The van der Waals surface area contributed by atoms with Gasteiger partial charge in [-0.05, 0) is 60.9 Å². The number of nitrogens with zero attached hydrogens (tertiary/aromatic N) is 2. The Morgan fingerprint density at radius 3 is 2.61 bits per heavy atom. The van der Waals surface area contributed by atoms with Gasteiger partial charge >= 0.3 is 0 Å². The molecular formula is C24H21N3O4. The molecule has 4 rings (SSSR count). The van der Waals surface area contributed by atoms with Crippen LogP contribution in [-0.2, 0) is 0 Å². The zero-order valence-electron chi connectivity index (χ0n) is 17.4. The Labute approximate surface area is 178 Å². The van der Waals surface area contributed by atoms with Gasteiger partial charge in [0.1, 0.15) is 5.52 Å². The number of benzene rings is 3. The number of nitro benzene ring substituents is 1. The van der Waals surface area contributed by atoms with Crippen LogP contribution in [-0.4, -0.2) is 15.8 Å². The number of carbonyl (C=O) groups is 1. The number of fused-ring (bicyclic) bond motifs is 1. The van der Waals surface area contributed by atoms with Gasteiger partial charge < -0.3 is 9.73 Å². The summed E-state index contributed by atoms with van der Waals surface area (Å²) in [5.74, 6) is 0.513. The maximum absolute atomic E-state index is 12.6. The van der Waals surface area contributed by atoms with E-state index in [9.17, 15) is 14.9 Å². The molecule has 0 atom stereocenters. The molecule has 7 nitrogen and oxygen atoms in total. The van der Waals surface area contributed by atoms with Crippen molar-refractivity contribution in [2.75, 3.05) is 5.32 Å².